The molecule has 0 aromatic carbocycles. The third-order valence-electron chi connectivity index (χ3n) is 4.27. The average molecular weight is 289 g/mol. The second-order valence-corrected chi connectivity index (χ2v) is 6.98. The number of aryl methyl sites for hydroxylation is 1. The Morgan fingerprint density at radius 1 is 1.05 bits per heavy atom. The summed E-state index contributed by atoms with van der Waals surface area (Å²) in [6, 6.07) is 0. The Bertz CT molecular complexity index is 621. The van der Waals surface area contributed by atoms with Crippen LogP contribution in [0.1, 0.15) is 47.0 Å². The molecule has 0 spiro atoms. The van der Waals surface area contributed by atoms with Gasteiger partial charge in [0.1, 0.15) is 6.33 Å². The van der Waals surface area contributed by atoms with Gasteiger partial charge in [-0.25, -0.2) is 4.98 Å². The molecule has 3 rings (SSSR count). The fourth-order valence-electron chi connectivity index (χ4n) is 3.50. The molecule has 0 bridgehead atoms. The zero-order valence-corrected chi connectivity index (χ0v) is 13.4. The van der Waals surface area contributed by atoms with E-state index in [0.717, 1.165) is 24.4 Å². The van der Waals surface area contributed by atoms with Crippen molar-refractivity contribution in [3.05, 3.63) is 12.5 Å². The van der Waals surface area contributed by atoms with E-state index in [4.69, 9.17) is 0 Å². The summed E-state index contributed by atoms with van der Waals surface area (Å²) in [5, 5.41) is 15.3. The van der Waals surface area contributed by atoms with E-state index in [1.807, 2.05) is 4.79 Å². The lowest BCUT2D eigenvalue weighted by molar-refractivity contribution is 0.175. The first-order valence-corrected chi connectivity index (χ1v) is 7.39. The Kier molecular flexibility index (Phi) is 3.04. The Hall–Kier alpha value is -1.92. The van der Waals surface area contributed by atoms with Crippen molar-refractivity contribution in [1.82, 2.24) is 29.9 Å². The van der Waals surface area contributed by atoms with Crippen LogP contribution in [0.2, 0.25) is 0 Å². The van der Waals surface area contributed by atoms with Gasteiger partial charge in [0.05, 0.1) is 17.3 Å². The number of hydrogen-bond donors (Lipinski definition) is 0. The van der Waals surface area contributed by atoms with Crippen LogP contribution in [0, 0.1) is 0 Å². The summed E-state index contributed by atoms with van der Waals surface area (Å²) in [5.74, 6) is 0.742. The second kappa shape index (κ2) is 4.54. The zero-order chi connectivity index (χ0) is 15.3. The molecular weight excluding hydrogens is 266 g/mol. The van der Waals surface area contributed by atoms with Crippen molar-refractivity contribution in [2.24, 2.45) is 7.05 Å². The van der Waals surface area contributed by atoms with E-state index in [1.54, 1.807) is 24.4 Å². The predicted octanol–water partition coefficient (Wildman–Crippen LogP) is 1.75. The summed E-state index contributed by atoms with van der Waals surface area (Å²) >= 11 is 0. The standard InChI is InChI=1S/C14H23N7/c1-13(2)7-6-8-14(3,4)21(13)20-12(15-10-17-20)11-9-16-19(5)18-11/h9-10H,6-8H2,1-5H3. The van der Waals surface area contributed by atoms with E-state index < -0.39 is 0 Å². The number of hydrogen-bond acceptors (Lipinski definition) is 5. The molecule has 21 heavy (non-hydrogen) atoms. The SMILES string of the molecule is Cn1ncc(-c2ncnn2N2C(C)(C)CCCC2(C)C)n1. The Balaban J connectivity index is 2.09. The van der Waals surface area contributed by atoms with Crippen LogP contribution < -0.4 is 5.01 Å². The van der Waals surface area contributed by atoms with Gasteiger partial charge in [-0.1, -0.05) is 0 Å². The molecule has 0 aliphatic carbocycles. The molecule has 2 aromatic rings. The van der Waals surface area contributed by atoms with Crippen LogP contribution in [0.25, 0.3) is 11.5 Å². The van der Waals surface area contributed by atoms with Crippen LogP contribution in [-0.2, 0) is 7.05 Å². The maximum Gasteiger partial charge on any atom is 0.203 e. The fourth-order valence-corrected chi connectivity index (χ4v) is 3.50. The van der Waals surface area contributed by atoms with E-state index >= 15 is 0 Å². The van der Waals surface area contributed by atoms with Crippen LogP contribution in [0.15, 0.2) is 12.5 Å². The first-order valence-electron chi connectivity index (χ1n) is 7.39. The molecule has 1 fully saturated rings. The molecule has 0 amide bonds. The summed E-state index contributed by atoms with van der Waals surface area (Å²) in [7, 11) is 1.80. The van der Waals surface area contributed by atoms with E-state index in [1.165, 1.54) is 6.42 Å². The molecule has 1 aliphatic heterocycles. The lowest BCUT2D eigenvalue weighted by Gasteiger charge is -2.53. The zero-order valence-electron chi connectivity index (χ0n) is 13.4. The van der Waals surface area contributed by atoms with Gasteiger partial charge in [0.2, 0.25) is 5.82 Å². The molecule has 2 aromatic heterocycles. The molecule has 0 radical (unpaired) electrons. The number of piperidine rings is 1. The van der Waals surface area contributed by atoms with Crippen molar-refractivity contribution in [3.8, 4) is 11.5 Å². The molecule has 1 saturated heterocycles. The maximum absolute atomic E-state index is 4.47. The first-order chi connectivity index (χ1) is 9.81. The summed E-state index contributed by atoms with van der Waals surface area (Å²) < 4.78 is 0. The van der Waals surface area contributed by atoms with Crippen LogP contribution in [0.3, 0.4) is 0 Å². The first kappa shape index (κ1) is 14.0. The van der Waals surface area contributed by atoms with Gasteiger partial charge in [0.25, 0.3) is 0 Å². The van der Waals surface area contributed by atoms with Gasteiger partial charge < -0.3 is 0 Å². The van der Waals surface area contributed by atoms with Crippen molar-refractivity contribution in [1.29, 1.82) is 0 Å². The van der Waals surface area contributed by atoms with Gasteiger partial charge in [-0.05, 0) is 47.0 Å². The summed E-state index contributed by atoms with van der Waals surface area (Å²) in [4.78, 5) is 7.85. The van der Waals surface area contributed by atoms with Crippen LogP contribution in [0.4, 0.5) is 0 Å². The molecular formula is C14H23N7. The van der Waals surface area contributed by atoms with Crippen molar-refractivity contribution in [2.75, 3.05) is 5.01 Å². The Morgan fingerprint density at radius 3 is 2.29 bits per heavy atom. The van der Waals surface area contributed by atoms with E-state index in [9.17, 15) is 0 Å². The second-order valence-electron chi connectivity index (χ2n) is 6.98. The Labute approximate surface area is 124 Å². The normalized spacial score (nSPS) is 20.7. The molecule has 1 aliphatic rings. The third kappa shape index (κ3) is 2.30. The highest BCUT2D eigenvalue weighted by molar-refractivity contribution is 5.47. The molecule has 0 atom stereocenters. The lowest BCUT2D eigenvalue weighted by Crippen LogP contribution is -2.64. The number of rotatable bonds is 2. The lowest BCUT2D eigenvalue weighted by atomic mass is 9.81. The maximum atomic E-state index is 4.47. The largest absolute Gasteiger partial charge is 0.284 e. The molecule has 0 unspecified atom stereocenters. The highest BCUT2D eigenvalue weighted by Crippen LogP contribution is 2.37. The minimum atomic E-state index is 0.0202. The number of nitrogens with zero attached hydrogens (tertiary/aromatic N) is 7. The Morgan fingerprint density at radius 2 is 1.71 bits per heavy atom. The summed E-state index contributed by atoms with van der Waals surface area (Å²) in [6.07, 6.45) is 6.81. The molecule has 0 saturated carbocycles. The number of aromatic nitrogens is 6. The van der Waals surface area contributed by atoms with Crippen molar-refractivity contribution in [2.45, 2.75) is 58.0 Å². The van der Waals surface area contributed by atoms with Gasteiger partial charge in [0, 0.05) is 7.05 Å². The molecule has 7 heteroatoms. The molecule has 7 nitrogen and oxygen atoms in total. The summed E-state index contributed by atoms with van der Waals surface area (Å²) in [5.41, 5.74) is 0.783. The monoisotopic (exact) mass is 289 g/mol. The molecule has 3 heterocycles. The minimum absolute atomic E-state index is 0.0202. The van der Waals surface area contributed by atoms with E-state index in [0.29, 0.717) is 0 Å². The van der Waals surface area contributed by atoms with Crippen molar-refractivity contribution in [3.63, 3.8) is 0 Å². The van der Waals surface area contributed by atoms with Crippen molar-refractivity contribution >= 4 is 0 Å². The molecule has 0 N–H and O–H groups in total. The summed E-state index contributed by atoms with van der Waals surface area (Å²) in [6.45, 7) is 9.04. The quantitative estimate of drug-likeness (QED) is 0.843. The van der Waals surface area contributed by atoms with Gasteiger partial charge >= 0.3 is 0 Å². The fraction of sp³-hybridized carbons (Fsp3) is 0.714. The molecule has 114 valence electrons. The van der Waals surface area contributed by atoms with Crippen LogP contribution >= 0.6 is 0 Å². The van der Waals surface area contributed by atoms with Gasteiger partial charge in [-0.15, -0.1) is 5.10 Å². The van der Waals surface area contributed by atoms with E-state index in [-0.39, 0.29) is 11.1 Å². The minimum Gasteiger partial charge on any atom is -0.284 e. The topological polar surface area (TPSA) is 64.7 Å². The highest BCUT2D eigenvalue weighted by Gasteiger charge is 2.43. The third-order valence-corrected chi connectivity index (χ3v) is 4.27. The van der Waals surface area contributed by atoms with Crippen LogP contribution in [0.5, 0.6) is 0 Å². The average Bonchev–Trinajstić information content (AvgIpc) is 2.95. The van der Waals surface area contributed by atoms with E-state index in [2.05, 4.69) is 53.0 Å². The van der Waals surface area contributed by atoms with Gasteiger partial charge in [-0.2, -0.15) is 19.8 Å². The van der Waals surface area contributed by atoms with Crippen LogP contribution in [-0.4, -0.2) is 40.9 Å². The predicted molar refractivity (Wildman–Crippen MR) is 80.2 cm³/mol. The van der Waals surface area contributed by atoms with Gasteiger partial charge in [0.15, 0.2) is 5.69 Å². The van der Waals surface area contributed by atoms with Gasteiger partial charge in [-0.3, -0.25) is 5.01 Å². The van der Waals surface area contributed by atoms with Crippen molar-refractivity contribution < 1.29 is 0 Å². The highest BCUT2D eigenvalue weighted by atomic mass is 15.7. The smallest absolute Gasteiger partial charge is 0.203 e.